The number of fused-ring (bicyclic) bond motifs is 1. The van der Waals surface area contributed by atoms with Crippen molar-refractivity contribution in [3.8, 4) is 0 Å². The van der Waals surface area contributed by atoms with Gasteiger partial charge in [0, 0.05) is 17.5 Å². The number of amides is 1. The average molecular weight is 287 g/mol. The van der Waals surface area contributed by atoms with Gasteiger partial charge in [0.15, 0.2) is 0 Å². The number of halogens is 1. The van der Waals surface area contributed by atoms with Crippen molar-refractivity contribution in [1.82, 2.24) is 4.90 Å². The van der Waals surface area contributed by atoms with Crippen molar-refractivity contribution in [2.24, 2.45) is 0 Å². The molecule has 3 heteroatoms. The number of nitrogens with zero attached hydrogens (tertiary/aromatic N) is 1. The molecule has 2 saturated heterocycles. The number of benzene rings is 1. The molecule has 0 spiro atoms. The molecule has 21 heavy (non-hydrogen) atoms. The highest BCUT2D eigenvalue weighted by Gasteiger charge is 2.49. The van der Waals surface area contributed by atoms with Gasteiger partial charge in [-0.05, 0) is 57.2 Å². The molecular formula is C18H22FNO. The van der Waals surface area contributed by atoms with Crippen LogP contribution in [0.3, 0.4) is 0 Å². The summed E-state index contributed by atoms with van der Waals surface area (Å²) in [5.41, 5.74) is 2.37. The van der Waals surface area contributed by atoms with Crippen molar-refractivity contribution < 1.29 is 9.18 Å². The molecule has 0 N–H and O–H groups in total. The molecule has 0 saturated carbocycles. The van der Waals surface area contributed by atoms with Crippen LogP contribution in [-0.2, 0) is 4.79 Å². The Morgan fingerprint density at radius 3 is 2.86 bits per heavy atom. The van der Waals surface area contributed by atoms with E-state index in [2.05, 4.69) is 6.92 Å². The van der Waals surface area contributed by atoms with Crippen LogP contribution >= 0.6 is 0 Å². The lowest BCUT2D eigenvalue weighted by Gasteiger charge is -2.45. The number of hydrogen-bond donors (Lipinski definition) is 0. The fourth-order valence-corrected chi connectivity index (χ4v) is 3.86. The quantitative estimate of drug-likeness (QED) is 0.705. The molecule has 2 aliphatic rings. The molecule has 0 bridgehead atoms. The van der Waals surface area contributed by atoms with Crippen molar-refractivity contribution in [3.63, 3.8) is 0 Å². The molecule has 2 atom stereocenters. The number of carbonyl (C=O) groups excluding carboxylic acids is 1. The van der Waals surface area contributed by atoms with E-state index >= 15 is 0 Å². The van der Waals surface area contributed by atoms with Gasteiger partial charge in [0.1, 0.15) is 5.82 Å². The van der Waals surface area contributed by atoms with Gasteiger partial charge in [-0.3, -0.25) is 4.79 Å². The maximum Gasteiger partial charge on any atom is 0.250 e. The molecule has 2 heterocycles. The molecule has 1 aromatic carbocycles. The summed E-state index contributed by atoms with van der Waals surface area (Å²) in [6, 6.07) is 5.39. The smallest absolute Gasteiger partial charge is 0.250 e. The number of allylic oxidation sites excluding steroid dienone is 1. The van der Waals surface area contributed by atoms with Gasteiger partial charge in [0.25, 0.3) is 5.91 Å². The third-order valence-corrected chi connectivity index (χ3v) is 5.08. The van der Waals surface area contributed by atoms with Gasteiger partial charge in [0.2, 0.25) is 0 Å². The van der Waals surface area contributed by atoms with E-state index in [1.165, 1.54) is 0 Å². The number of aryl methyl sites for hydroxylation is 1. The molecule has 0 aromatic heterocycles. The van der Waals surface area contributed by atoms with Crippen molar-refractivity contribution in [2.45, 2.75) is 58.0 Å². The summed E-state index contributed by atoms with van der Waals surface area (Å²) in [6.07, 6.45) is 5.77. The first-order chi connectivity index (χ1) is 9.96. The van der Waals surface area contributed by atoms with Gasteiger partial charge >= 0.3 is 0 Å². The number of piperidine rings is 1. The molecule has 112 valence electrons. The molecular weight excluding hydrogens is 265 g/mol. The standard InChI is InChI=1S/C18H22FNO/c1-4-13-11-18(3)9-5-6-16(20(18)17(13)21)14-8-7-12(2)15(19)10-14/h4,7-8,10,16H,5-6,9,11H2,1-3H3/b13-4-/t16-,18-/m1/s1. The van der Waals surface area contributed by atoms with Crippen LogP contribution in [0.2, 0.25) is 0 Å². The van der Waals surface area contributed by atoms with E-state index in [1.54, 1.807) is 13.0 Å². The first-order valence-electron chi connectivity index (χ1n) is 7.71. The monoisotopic (exact) mass is 287 g/mol. The lowest BCUT2D eigenvalue weighted by atomic mass is 9.82. The highest BCUT2D eigenvalue weighted by Crippen LogP contribution is 2.48. The first kappa shape index (κ1) is 14.3. The summed E-state index contributed by atoms with van der Waals surface area (Å²) in [5.74, 6) is -0.0524. The summed E-state index contributed by atoms with van der Waals surface area (Å²) in [5, 5.41) is 0. The third kappa shape index (κ3) is 2.19. The van der Waals surface area contributed by atoms with Crippen molar-refractivity contribution in [3.05, 3.63) is 46.8 Å². The Hall–Kier alpha value is -1.64. The second kappa shape index (κ2) is 4.97. The molecule has 2 nitrogen and oxygen atoms in total. The van der Waals surface area contributed by atoms with Crippen LogP contribution in [0.1, 0.15) is 56.7 Å². The van der Waals surface area contributed by atoms with E-state index in [0.29, 0.717) is 5.56 Å². The summed E-state index contributed by atoms with van der Waals surface area (Å²) < 4.78 is 13.9. The highest BCUT2D eigenvalue weighted by molar-refractivity contribution is 5.97. The van der Waals surface area contributed by atoms with Gasteiger partial charge in [-0.15, -0.1) is 0 Å². The summed E-state index contributed by atoms with van der Waals surface area (Å²) in [6.45, 7) is 5.86. The van der Waals surface area contributed by atoms with Crippen LogP contribution in [0, 0.1) is 12.7 Å². The Kier molecular flexibility index (Phi) is 3.39. The average Bonchev–Trinajstić information content (AvgIpc) is 2.73. The minimum Gasteiger partial charge on any atom is -0.326 e. The molecule has 2 aliphatic heterocycles. The van der Waals surface area contributed by atoms with Gasteiger partial charge in [-0.2, -0.15) is 0 Å². The lowest BCUT2D eigenvalue weighted by molar-refractivity contribution is -0.134. The van der Waals surface area contributed by atoms with Gasteiger partial charge < -0.3 is 4.90 Å². The van der Waals surface area contributed by atoms with E-state index in [4.69, 9.17) is 0 Å². The minimum atomic E-state index is -0.183. The normalized spacial score (nSPS) is 30.9. The zero-order valence-corrected chi connectivity index (χ0v) is 12.9. The Bertz CT molecular complexity index is 622. The number of hydrogen-bond acceptors (Lipinski definition) is 1. The Balaban J connectivity index is 2.02. The maximum absolute atomic E-state index is 13.9. The summed E-state index contributed by atoms with van der Waals surface area (Å²) in [4.78, 5) is 14.7. The van der Waals surface area contributed by atoms with Gasteiger partial charge in [-0.1, -0.05) is 18.2 Å². The first-order valence-corrected chi connectivity index (χ1v) is 7.71. The number of rotatable bonds is 1. The van der Waals surface area contributed by atoms with Crippen LogP contribution in [0.25, 0.3) is 0 Å². The molecule has 2 fully saturated rings. The SMILES string of the molecule is C/C=C1/C[C@@]2(C)CCC[C@H](c3ccc(C)c(F)c3)N2C1=O. The van der Waals surface area contributed by atoms with Crippen molar-refractivity contribution in [1.29, 1.82) is 0 Å². The maximum atomic E-state index is 13.9. The second-order valence-corrected chi connectivity index (χ2v) is 6.58. The molecule has 0 aliphatic carbocycles. The fraction of sp³-hybridized carbons (Fsp3) is 0.500. The largest absolute Gasteiger partial charge is 0.326 e. The molecule has 1 amide bonds. The van der Waals surface area contributed by atoms with E-state index in [9.17, 15) is 9.18 Å². The zero-order chi connectivity index (χ0) is 15.2. The van der Waals surface area contributed by atoms with Gasteiger partial charge in [0.05, 0.1) is 6.04 Å². The van der Waals surface area contributed by atoms with Gasteiger partial charge in [-0.25, -0.2) is 4.39 Å². The molecule has 1 aromatic rings. The van der Waals surface area contributed by atoms with E-state index < -0.39 is 0 Å². The van der Waals surface area contributed by atoms with Crippen molar-refractivity contribution in [2.75, 3.05) is 0 Å². The van der Waals surface area contributed by atoms with Crippen molar-refractivity contribution >= 4 is 5.91 Å². The minimum absolute atomic E-state index is 0.00352. The molecule has 3 rings (SSSR count). The Labute approximate surface area is 125 Å². The summed E-state index contributed by atoms with van der Waals surface area (Å²) >= 11 is 0. The highest BCUT2D eigenvalue weighted by atomic mass is 19.1. The molecule has 0 unspecified atom stereocenters. The van der Waals surface area contributed by atoms with Crippen LogP contribution in [0.15, 0.2) is 29.8 Å². The Morgan fingerprint density at radius 1 is 1.43 bits per heavy atom. The number of carbonyl (C=O) groups is 1. The van der Waals surface area contributed by atoms with Crippen LogP contribution < -0.4 is 0 Å². The predicted molar refractivity (Wildman–Crippen MR) is 81.4 cm³/mol. The summed E-state index contributed by atoms with van der Waals surface area (Å²) in [7, 11) is 0. The van der Waals surface area contributed by atoms with E-state index in [-0.39, 0.29) is 23.3 Å². The Morgan fingerprint density at radius 2 is 2.19 bits per heavy atom. The lowest BCUT2D eigenvalue weighted by Crippen LogP contribution is -2.48. The van der Waals surface area contributed by atoms with Crippen LogP contribution in [0.5, 0.6) is 0 Å². The zero-order valence-electron chi connectivity index (χ0n) is 12.9. The molecule has 0 radical (unpaired) electrons. The van der Waals surface area contributed by atoms with E-state index in [0.717, 1.165) is 36.8 Å². The topological polar surface area (TPSA) is 20.3 Å². The van der Waals surface area contributed by atoms with Crippen LogP contribution in [-0.4, -0.2) is 16.3 Å². The predicted octanol–water partition coefficient (Wildman–Crippen LogP) is 4.30. The fourth-order valence-electron chi connectivity index (χ4n) is 3.86. The third-order valence-electron chi connectivity index (χ3n) is 5.08. The van der Waals surface area contributed by atoms with Crippen LogP contribution in [0.4, 0.5) is 4.39 Å². The second-order valence-electron chi connectivity index (χ2n) is 6.58. The van der Waals surface area contributed by atoms with E-state index in [1.807, 2.05) is 30.0 Å².